The Balaban J connectivity index is 0.00000208. The third-order valence-corrected chi connectivity index (χ3v) is 4.18. The summed E-state index contributed by atoms with van der Waals surface area (Å²) in [6.07, 6.45) is 1.03. The van der Waals surface area contributed by atoms with Gasteiger partial charge in [-0.2, -0.15) is 9.78 Å². The molecule has 128 valence electrons. The molecule has 1 saturated heterocycles. The predicted octanol–water partition coefficient (Wildman–Crippen LogP) is 1.38. The topological polar surface area (TPSA) is 76.0 Å². The third kappa shape index (κ3) is 4.01. The number of piperidine rings is 1. The van der Waals surface area contributed by atoms with Crippen LogP contribution in [0.3, 0.4) is 0 Å². The number of benzene rings is 1. The van der Waals surface area contributed by atoms with Crippen molar-refractivity contribution in [1.29, 1.82) is 0 Å². The van der Waals surface area contributed by atoms with E-state index in [1.165, 1.54) is 16.8 Å². The van der Waals surface area contributed by atoms with Crippen molar-refractivity contribution in [2.24, 2.45) is 5.92 Å². The lowest BCUT2D eigenvalue weighted by atomic mass is 9.95. The molecular weight excluding hydrogens is 328 g/mol. The predicted molar refractivity (Wildman–Crippen MR) is 95.0 cm³/mol. The number of rotatable bonds is 3. The van der Waals surface area contributed by atoms with Crippen LogP contribution in [-0.2, 0) is 0 Å². The first-order valence-corrected chi connectivity index (χ1v) is 7.82. The number of para-hydroxylation sites is 1. The van der Waals surface area contributed by atoms with E-state index >= 15 is 0 Å². The van der Waals surface area contributed by atoms with Gasteiger partial charge < -0.3 is 10.6 Å². The number of carbonyl (C=O) groups is 1. The van der Waals surface area contributed by atoms with Gasteiger partial charge in [0, 0.05) is 18.7 Å². The van der Waals surface area contributed by atoms with Crippen LogP contribution in [0, 0.1) is 5.92 Å². The maximum Gasteiger partial charge on any atom is 0.272 e. The van der Waals surface area contributed by atoms with Gasteiger partial charge in [-0.3, -0.25) is 9.59 Å². The van der Waals surface area contributed by atoms with Crippen LogP contribution in [0.5, 0.6) is 0 Å². The average Bonchev–Trinajstić information content (AvgIpc) is 2.58. The van der Waals surface area contributed by atoms with E-state index in [1.807, 2.05) is 18.2 Å². The summed E-state index contributed by atoms with van der Waals surface area (Å²) in [7, 11) is 0. The molecule has 0 radical (unpaired) electrons. The van der Waals surface area contributed by atoms with E-state index in [0.717, 1.165) is 19.5 Å². The van der Waals surface area contributed by atoms with E-state index in [9.17, 15) is 9.59 Å². The van der Waals surface area contributed by atoms with Crippen molar-refractivity contribution in [3.05, 3.63) is 58.5 Å². The van der Waals surface area contributed by atoms with Crippen molar-refractivity contribution < 1.29 is 4.79 Å². The zero-order valence-electron chi connectivity index (χ0n) is 13.4. The van der Waals surface area contributed by atoms with E-state index in [4.69, 9.17) is 0 Å². The molecule has 7 heteroatoms. The molecule has 0 saturated carbocycles. The molecule has 24 heavy (non-hydrogen) atoms. The van der Waals surface area contributed by atoms with Crippen LogP contribution in [-0.4, -0.2) is 34.8 Å². The lowest BCUT2D eigenvalue weighted by Crippen LogP contribution is -2.50. The summed E-state index contributed by atoms with van der Waals surface area (Å²) in [5.74, 6) is 0.162. The van der Waals surface area contributed by atoms with Crippen LogP contribution < -0.4 is 16.2 Å². The summed E-state index contributed by atoms with van der Waals surface area (Å²) in [4.78, 5) is 24.4. The molecule has 1 aromatic heterocycles. The summed E-state index contributed by atoms with van der Waals surface area (Å²) in [6, 6.07) is 12.0. The summed E-state index contributed by atoms with van der Waals surface area (Å²) in [5.41, 5.74) is 0.617. The average molecular weight is 349 g/mol. The fourth-order valence-corrected chi connectivity index (χ4v) is 2.71. The molecule has 2 unspecified atom stereocenters. The summed E-state index contributed by atoms with van der Waals surface area (Å²) in [6.45, 7) is 3.86. The molecule has 2 heterocycles. The van der Waals surface area contributed by atoms with Gasteiger partial charge in [-0.05, 0) is 37.1 Å². The van der Waals surface area contributed by atoms with E-state index in [0.29, 0.717) is 11.6 Å². The van der Waals surface area contributed by atoms with E-state index in [1.54, 1.807) is 12.1 Å². The SMILES string of the molecule is CC1CCNCC1NC(=O)c1ccc(=O)n(-c2ccccc2)n1.Cl. The molecule has 6 nitrogen and oxygen atoms in total. The van der Waals surface area contributed by atoms with Crippen LogP contribution >= 0.6 is 12.4 Å². The Morgan fingerprint density at radius 3 is 2.71 bits per heavy atom. The van der Waals surface area contributed by atoms with Crippen molar-refractivity contribution in [1.82, 2.24) is 20.4 Å². The maximum absolute atomic E-state index is 12.4. The van der Waals surface area contributed by atoms with E-state index in [-0.39, 0.29) is 35.6 Å². The van der Waals surface area contributed by atoms with Crippen molar-refractivity contribution in [2.75, 3.05) is 13.1 Å². The van der Waals surface area contributed by atoms with Crippen molar-refractivity contribution in [2.45, 2.75) is 19.4 Å². The monoisotopic (exact) mass is 348 g/mol. The summed E-state index contributed by atoms with van der Waals surface area (Å²) < 4.78 is 1.25. The second-order valence-electron chi connectivity index (χ2n) is 5.85. The van der Waals surface area contributed by atoms with Crippen molar-refractivity contribution in [3.8, 4) is 5.69 Å². The van der Waals surface area contributed by atoms with E-state index < -0.39 is 0 Å². The quantitative estimate of drug-likeness (QED) is 0.878. The fraction of sp³-hybridized carbons (Fsp3) is 0.353. The highest BCUT2D eigenvalue weighted by atomic mass is 35.5. The molecule has 0 bridgehead atoms. The number of hydrogen-bond acceptors (Lipinski definition) is 4. The molecule has 0 aliphatic carbocycles. The number of aromatic nitrogens is 2. The maximum atomic E-state index is 12.4. The van der Waals surface area contributed by atoms with Gasteiger partial charge in [0.2, 0.25) is 0 Å². The minimum Gasteiger partial charge on any atom is -0.346 e. The summed E-state index contributed by atoms with van der Waals surface area (Å²) >= 11 is 0. The first-order chi connectivity index (χ1) is 11.1. The Hall–Kier alpha value is -2.18. The van der Waals surface area contributed by atoms with Crippen LogP contribution in [0.25, 0.3) is 5.69 Å². The van der Waals surface area contributed by atoms with Gasteiger partial charge >= 0.3 is 0 Å². The van der Waals surface area contributed by atoms with E-state index in [2.05, 4.69) is 22.7 Å². The van der Waals surface area contributed by atoms with Crippen LogP contribution in [0.15, 0.2) is 47.3 Å². The number of nitrogens with zero attached hydrogens (tertiary/aromatic N) is 2. The number of hydrogen-bond donors (Lipinski definition) is 2. The molecule has 2 atom stereocenters. The highest BCUT2D eigenvalue weighted by molar-refractivity contribution is 5.92. The standard InChI is InChI=1S/C17H20N4O2.ClH/c1-12-9-10-18-11-15(12)19-17(23)14-7-8-16(22)21(20-14)13-5-3-2-4-6-13;/h2-8,12,15,18H,9-11H2,1H3,(H,19,23);1H. The molecular formula is C17H21ClN4O2. The van der Waals surface area contributed by atoms with Crippen LogP contribution in [0.4, 0.5) is 0 Å². The molecule has 1 aliphatic rings. The zero-order chi connectivity index (χ0) is 16.2. The molecule has 1 aliphatic heterocycles. The Kier molecular flexibility index (Phi) is 6.11. The molecule has 0 spiro atoms. The Labute approximate surface area is 146 Å². The molecule has 3 rings (SSSR count). The molecule has 2 N–H and O–H groups in total. The Morgan fingerprint density at radius 2 is 2.00 bits per heavy atom. The smallest absolute Gasteiger partial charge is 0.272 e. The molecule has 1 amide bonds. The first-order valence-electron chi connectivity index (χ1n) is 7.82. The minimum atomic E-state index is -0.263. The third-order valence-electron chi connectivity index (χ3n) is 4.18. The largest absolute Gasteiger partial charge is 0.346 e. The van der Waals surface area contributed by atoms with Gasteiger partial charge in [0.05, 0.1) is 5.69 Å². The molecule has 1 aromatic carbocycles. The Bertz CT molecular complexity index is 748. The van der Waals surface area contributed by atoms with Gasteiger partial charge in [0.15, 0.2) is 0 Å². The lowest BCUT2D eigenvalue weighted by molar-refractivity contribution is 0.0908. The number of carbonyl (C=O) groups excluding carboxylic acids is 1. The van der Waals surface area contributed by atoms with Crippen LogP contribution in [0.1, 0.15) is 23.8 Å². The Morgan fingerprint density at radius 1 is 1.25 bits per heavy atom. The number of amides is 1. The zero-order valence-corrected chi connectivity index (χ0v) is 14.3. The highest BCUT2D eigenvalue weighted by Crippen LogP contribution is 2.11. The molecule has 2 aromatic rings. The van der Waals surface area contributed by atoms with Gasteiger partial charge in [-0.15, -0.1) is 12.4 Å². The number of nitrogens with one attached hydrogen (secondary N) is 2. The van der Waals surface area contributed by atoms with Crippen molar-refractivity contribution >= 4 is 18.3 Å². The van der Waals surface area contributed by atoms with Gasteiger partial charge in [0.1, 0.15) is 5.69 Å². The second-order valence-corrected chi connectivity index (χ2v) is 5.85. The molecule has 1 fully saturated rings. The summed E-state index contributed by atoms with van der Waals surface area (Å²) in [5, 5.41) is 10.5. The second kappa shape index (κ2) is 8.08. The highest BCUT2D eigenvalue weighted by Gasteiger charge is 2.23. The van der Waals surface area contributed by atoms with Crippen LogP contribution in [0.2, 0.25) is 0 Å². The first kappa shape index (κ1) is 18.2. The minimum absolute atomic E-state index is 0. The van der Waals surface area contributed by atoms with Crippen molar-refractivity contribution in [3.63, 3.8) is 0 Å². The van der Waals surface area contributed by atoms with Gasteiger partial charge in [-0.1, -0.05) is 25.1 Å². The fourth-order valence-electron chi connectivity index (χ4n) is 2.71. The van der Waals surface area contributed by atoms with Gasteiger partial charge in [-0.25, -0.2) is 0 Å². The normalized spacial score (nSPS) is 20.0. The number of halogens is 1. The lowest BCUT2D eigenvalue weighted by Gasteiger charge is -2.30. The van der Waals surface area contributed by atoms with Gasteiger partial charge in [0.25, 0.3) is 11.5 Å².